The van der Waals surface area contributed by atoms with Crippen molar-refractivity contribution >= 4 is 34.5 Å². The molecule has 0 amide bonds. The molecule has 0 unspecified atom stereocenters. The largest absolute Gasteiger partial charge is 0.325 e. The first-order chi connectivity index (χ1) is 11.1. The lowest BCUT2D eigenvalue weighted by Gasteiger charge is -2.11. The summed E-state index contributed by atoms with van der Waals surface area (Å²) in [6, 6.07) is 5.92. The van der Waals surface area contributed by atoms with Gasteiger partial charge in [0, 0.05) is 11.6 Å². The van der Waals surface area contributed by atoms with Gasteiger partial charge in [0.2, 0.25) is 5.28 Å². The minimum Gasteiger partial charge on any atom is -0.325 e. The maximum absolute atomic E-state index is 5.96. The number of nitrogens with zero attached hydrogens (tertiary/aromatic N) is 3. The predicted octanol–water partition coefficient (Wildman–Crippen LogP) is 4.49. The Balaban J connectivity index is 0.000000924. The van der Waals surface area contributed by atoms with E-state index >= 15 is 0 Å². The maximum Gasteiger partial charge on any atom is 0.224 e. The van der Waals surface area contributed by atoms with E-state index in [-0.39, 0.29) is 5.28 Å². The van der Waals surface area contributed by atoms with Gasteiger partial charge in [0.15, 0.2) is 0 Å². The van der Waals surface area contributed by atoms with Gasteiger partial charge in [0.1, 0.15) is 11.6 Å². The number of hydrazone groups is 1. The van der Waals surface area contributed by atoms with Gasteiger partial charge >= 0.3 is 0 Å². The molecule has 122 valence electrons. The van der Waals surface area contributed by atoms with Gasteiger partial charge in [-0.15, -0.1) is 0 Å². The number of rotatable bonds is 5. The fourth-order valence-corrected chi connectivity index (χ4v) is 2.12. The molecule has 23 heavy (non-hydrogen) atoms. The topological polar surface area (TPSA) is 62.2 Å². The van der Waals surface area contributed by atoms with Gasteiger partial charge in [0.05, 0.1) is 5.52 Å². The van der Waals surface area contributed by atoms with E-state index in [1.165, 1.54) is 12.8 Å². The second kappa shape index (κ2) is 7.92. The van der Waals surface area contributed by atoms with E-state index in [0.717, 1.165) is 16.5 Å². The average Bonchev–Trinajstić information content (AvgIpc) is 3.34. The van der Waals surface area contributed by atoms with Gasteiger partial charge in [-0.2, -0.15) is 10.1 Å². The zero-order valence-electron chi connectivity index (χ0n) is 13.7. The molecular weight excluding hydrogens is 310 g/mol. The molecule has 1 aromatic heterocycles. The van der Waals surface area contributed by atoms with Crippen molar-refractivity contribution in [3.05, 3.63) is 41.4 Å². The number of hydrogen-bond acceptors (Lipinski definition) is 5. The van der Waals surface area contributed by atoms with Crippen LogP contribution in [0.3, 0.4) is 0 Å². The van der Waals surface area contributed by atoms with Crippen molar-refractivity contribution in [1.82, 2.24) is 15.4 Å². The molecule has 1 aliphatic carbocycles. The summed E-state index contributed by atoms with van der Waals surface area (Å²) in [6.45, 7) is 9.91. The van der Waals surface area contributed by atoms with Crippen LogP contribution < -0.4 is 10.7 Å². The number of fused-ring (bicyclic) bond motifs is 1. The summed E-state index contributed by atoms with van der Waals surface area (Å²) in [5.41, 5.74) is 4.78. The Hall–Kier alpha value is -2.14. The summed E-state index contributed by atoms with van der Waals surface area (Å²) in [5.74, 6) is 1.78. The van der Waals surface area contributed by atoms with Gasteiger partial charge in [0.25, 0.3) is 0 Å². The highest BCUT2D eigenvalue weighted by Crippen LogP contribution is 2.26. The van der Waals surface area contributed by atoms with E-state index in [1.807, 2.05) is 45.2 Å². The number of aromatic nitrogens is 2. The van der Waals surface area contributed by atoms with Gasteiger partial charge in [-0.05, 0) is 49.4 Å². The minimum atomic E-state index is 0.197. The summed E-state index contributed by atoms with van der Waals surface area (Å²) in [5, 5.41) is 8.32. The number of hydrogen-bond donors (Lipinski definition) is 2. The van der Waals surface area contributed by atoms with Crippen molar-refractivity contribution in [1.29, 1.82) is 0 Å². The first-order valence-electron chi connectivity index (χ1n) is 7.81. The molecule has 5 nitrogen and oxygen atoms in total. The lowest BCUT2D eigenvalue weighted by Crippen LogP contribution is -2.14. The minimum absolute atomic E-state index is 0.197. The average molecular weight is 332 g/mol. The summed E-state index contributed by atoms with van der Waals surface area (Å²) in [4.78, 5) is 8.44. The number of nitrogens with one attached hydrogen (secondary N) is 2. The van der Waals surface area contributed by atoms with Crippen molar-refractivity contribution in [2.24, 2.45) is 11.0 Å². The zero-order chi connectivity index (χ0) is 16.8. The third kappa shape index (κ3) is 4.93. The molecule has 0 radical (unpaired) electrons. The molecule has 2 aromatic rings. The van der Waals surface area contributed by atoms with Gasteiger partial charge in [-0.3, -0.25) is 5.43 Å². The Labute approximate surface area is 141 Å². The van der Waals surface area contributed by atoms with Crippen LogP contribution in [0.25, 0.3) is 10.9 Å². The monoisotopic (exact) mass is 331 g/mol. The van der Waals surface area contributed by atoms with Crippen molar-refractivity contribution in [3.8, 4) is 0 Å². The number of benzene rings is 1. The van der Waals surface area contributed by atoms with E-state index in [1.54, 1.807) is 0 Å². The highest BCUT2D eigenvalue weighted by atomic mass is 35.5. The smallest absolute Gasteiger partial charge is 0.224 e. The van der Waals surface area contributed by atoms with Crippen LogP contribution >= 0.6 is 11.6 Å². The van der Waals surface area contributed by atoms with Crippen molar-refractivity contribution in [3.63, 3.8) is 0 Å². The Kier molecular flexibility index (Phi) is 5.93. The summed E-state index contributed by atoms with van der Waals surface area (Å²) in [7, 11) is 0. The van der Waals surface area contributed by atoms with Gasteiger partial charge in [-0.1, -0.05) is 32.1 Å². The third-order valence-corrected chi connectivity index (χ3v) is 3.37. The molecular formula is C17H22ClN5. The SMILES string of the molecule is C=C(N/N=C/C1CC1)Nc1nc(Cl)nc2ccc(C)cc12.CC. The lowest BCUT2D eigenvalue weighted by molar-refractivity contribution is 0.892. The molecule has 0 atom stereocenters. The molecule has 2 N–H and O–H groups in total. The quantitative estimate of drug-likeness (QED) is 0.481. The van der Waals surface area contributed by atoms with Crippen LogP contribution in [0, 0.1) is 12.8 Å². The van der Waals surface area contributed by atoms with Crippen LogP contribution in [0.4, 0.5) is 5.82 Å². The molecule has 6 heteroatoms. The molecule has 1 fully saturated rings. The van der Waals surface area contributed by atoms with E-state index in [2.05, 4.69) is 32.4 Å². The molecule has 0 bridgehead atoms. The van der Waals surface area contributed by atoms with E-state index in [0.29, 0.717) is 17.6 Å². The first-order valence-corrected chi connectivity index (χ1v) is 8.18. The number of aryl methyl sites for hydroxylation is 1. The third-order valence-electron chi connectivity index (χ3n) is 3.20. The summed E-state index contributed by atoms with van der Waals surface area (Å²) >= 11 is 5.96. The predicted molar refractivity (Wildman–Crippen MR) is 97.7 cm³/mol. The fraction of sp³-hybridized carbons (Fsp3) is 0.353. The van der Waals surface area contributed by atoms with E-state index in [4.69, 9.17) is 11.6 Å². The van der Waals surface area contributed by atoms with Gasteiger partial charge < -0.3 is 5.32 Å². The normalized spacial score (nSPS) is 13.6. The molecule has 0 spiro atoms. The van der Waals surface area contributed by atoms with Gasteiger partial charge in [-0.25, -0.2) is 4.98 Å². The highest BCUT2D eigenvalue weighted by molar-refractivity contribution is 6.28. The van der Waals surface area contributed by atoms with Crippen LogP contribution in [-0.2, 0) is 0 Å². The second-order valence-corrected chi connectivity index (χ2v) is 5.53. The van der Waals surface area contributed by atoms with Crippen LogP contribution in [0.1, 0.15) is 32.3 Å². The molecule has 1 aromatic carbocycles. The molecule has 1 aliphatic rings. The van der Waals surface area contributed by atoms with Crippen LogP contribution in [0.5, 0.6) is 0 Å². The Bertz CT molecular complexity index is 722. The lowest BCUT2D eigenvalue weighted by atomic mass is 10.1. The fourth-order valence-electron chi connectivity index (χ4n) is 1.95. The number of halogens is 1. The molecule has 1 saturated carbocycles. The number of anilines is 1. The molecule has 0 aliphatic heterocycles. The Morgan fingerprint density at radius 1 is 1.35 bits per heavy atom. The Morgan fingerprint density at radius 3 is 2.78 bits per heavy atom. The van der Waals surface area contributed by atoms with Crippen LogP contribution in [-0.4, -0.2) is 16.2 Å². The van der Waals surface area contributed by atoms with Crippen LogP contribution in [0.2, 0.25) is 5.28 Å². The second-order valence-electron chi connectivity index (χ2n) is 5.19. The first kappa shape index (κ1) is 17.2. The standard InChI is InChI=1S/C15H16ClN5.C2H6/c1-9-3-6-13-12(7-9)14(20-15(16)19-13)18-10(2)21-17-8-11-4-5-11;1-2/h3,6-8,11,21H,2,4-5H2,1H3,(H,18,19,20);1-2H3/b17-8+;. The van der Waals surface area contributed by atoms with E-state index < -0.39 is 0 Å². The molecule has 0 saturated heterocycles. The summed E-state index contributed by atoms with van der Waals surface area (Å²) < 4.78 is 0. The zero-order valence-corrected chi connectivity index (χ0v) is 14.5. The summed E-state index contributed by atoms with van der Waals surface area (Å²) in [6.07, 6.45) is 4.34. The van der Waals surface area contributed by atoms with Crippen molar-refractivity contribution in [2.75, 3.05) is 5.32 Å². The molecule has 3 rings (SSSR count). The highest BCUT2D eigenvalue weighted by Gasteiger charge is 2.18. The van der Waals surface area contributed by atoms with E-state index in [9.17, 15) is 0 Å². The molecule has 1 heterocycles. The van der Waals surface area contributed by atoms with Crippen molar-refractivity contribution in [2.45, 2.75) is 33.6 Å². The Morgan fingerprint density at radius 2 is 2.09 bits per heavy atom. The maximum atomic E-state index is 5.96. The van der Waals surface area contributed by atoms with Crippen LogP contribution in [0.15, 0.2) is 35.7 Å². The van der Waals surface area contributed by atoms with Crippen molar-refractivity contribution < 1.29 is 0 Å².